The van der Waals surface area contributed by atoms with E-state index in [1.54, 1.807) is 14.0 Å². The van der Waals surface area contributed by atoms with Crippen LogP contribution >= 0.6 is 11.6 Å². The number of benzene rings is 1. The molecule has 6 nitrogen and oxygen atoms in total. The van der Waals surface area contributed by atoms with Gasteiger partial charge in [0, 0.05) is 31.7 Å². The topological polar surface area (TPSA) is 73.8 Å². The zero-order chi connectivity index (χ0) is 18.0. The lowest BCUT2D eigenvalue weighted by Gasteiger charge is -2.16. The third-order valence-corrected chi connectivity index (χ3v) is 5.57. The molecule has 136 valence electrons. The summed E-state index contributed by atoms with van der Waals surface area (Å²) in [5.74, 6) is 0.843. The number of hydrogen-bond acceptors (Lipinski definition) is 3. The Morgan fingerprint density at radius 1 is 1.21 bits per heavy atom. The first-order valence-electron chi connectivity index (χ1n) is 8.09. The van der Waals surface area contributed by atoms with Crippen LogP contribution in [0.3, 0.4) is 0 Å². The number of rotatable bonds is 9. The zero-order valence-electron chi connectivity index (χ0n) is 14.5. The third kappa shape index (κ3) is 7.51. The predicted molar refractivity (Wildman–Crippen MR) is 101 cm³/mol. The second kappa shape index (κ2) is 10.5. The first kappa shape index (κ1) is 20.7. The van der Waals surface area contributed by atoms with Crippen LogP contribution in [0.5, 0.6) is 0 Å². The van der Waals surface area contributed by atoms with E-state index in [2.05, 4.69) is 15.6 Å². The van der Waals surface area contributed by atoms with Gasteiger partial charge in [0.1, 0.15) is 0 Å². The molecule has 0 radical (unpaired) electrons. The maximum Gasteiger partial charge on any atom is 0.213 e. The molecule has 0 fully saturated rings. The molecule has 0 saturated heterocycles. The van der Waals surface area contributed by atoms with Gasteiger partial charge in [-0.15, -0.1) is 0 Å². The second-order valence-corrected chi connectivity index (χ2v) is 8.13. The molecule has 2 N–H and O–H groups in total. The fraction of sp³-hybridized carbons (Fsp3) is 0.562. The minimum absolute atomic E-state index is 0.127. The van der Waals surface area contributed by atoms with E-state index in [1.807, 2.05) is 31.2 Å². The van der Waals surface area contributed by atoms with Crippen LogP contribution in [-0.2, 0) is 16.6 Å². The lowest BCUT2D eigenvalue weighted by Crippen LogP contribution is -2.39. The van der Waals surface area contributed by atoms with E-state index in [0.29, 0.717) is 37.0 Å². The molecule has 0 bridgehead atoms. The number of nitrogens with one attached hydrogen (secondary N) is 2. The molecule has 0 aliphatic heterocycles. The molecule has 0 aliphatic carbocycles. The summed E-state index contributed by atoms with van der Waals surface area (Å²) in [5.41, 5.74) is 1.07. The first-order valence-corrected chi connectivity index (χ1v) is 10.1. The van der Waals surface area contributed by atoms with Crippen molar-refractivity contribution in [2.45, 2.75) is 26.8 Å². The molecule has 0 heterocycles. The molecule has 0 atom stereocenters. The van der Waals surface area contributed by atoms with Gasteiger partial charge in [-0.2, -0.15) is 0 Å². The summed E-state index contributed by atoms with van der Waals surface area (Å²) >= 11 is 5.87. The zero-order valence-corrected chi connectivity index (χ0v) is 16.1. The summed E-state index contributed by atoms with van der Waals surface area (Å²) in [6, 6.07) is 7.58. The monoisotopic (exact) mass is 374 g/mol. The average Bonchev–Trinajstić information content (AvgIpc) is 2.57. The van der Waals surface area contributed by atoms with Crippen molar-refractivity contribution in [2.75, 3.05) is 32.4 Å². The van der Waals surface area contributed by atoms with Gasteiger partial charge in [-0.05, 0) is 38.0 Å². The summed E-state index contributed by atoms with van der Waals surface area (Å²) in [6.07, 6.45) is 0.709. The van der Waals surface area contributed by atoms with Crippen LogP contribution in [0.15, 0.2) is 29.3 Å². The Morgan fingerprint density at radius 2 is 1.88 bits per heavy atom. The number of nitrogens with zero attached hydrogens (tertiary/aromatic N) is 2. The van der Waals surface area contributed by atoms with Crippen LogP contribution in [0.2, 0.25) is 5.02 Å². The summed E-state index contributed by atoms with van der Waals surface area (Å²) in [7, 11) is -1.50. The average molecular weight is 375 g/mol. The Balaban J connectivity index is 2.45. The highest BCUT2D eigenvalue weighted by atomic mass is 35.5. The van der Waals surface area contributed by atoms with Gasteiger partial charge in [0.15, 0.2) is 5.96 Å². The molecule has 0 spiro atoms. The summed E-state index contributed by atoms with van der Waals surface area (Å²) < 4.78 is 24.7. The van der Waals surface area contributed by atoms with Crippen molar-refractivity contribution in [3.05, 3.63) is 34.9 Å². The van der Waals surface area contributed by atoms with Gasteiger partial charge in [0.2, 0.25) is 10.0 Å². The van der Waals surface area contributed by atoms with Gasteiger partial charge < -0.3 is 10.6 Å². The van der Waals surface area contributed by atoms with Crippen LogP contribution in [0, 0.1) is 0 Å². The van der Waals surface area contributed by atoms with E-state index in [4.69, 9.17) is 11.6 Å². The standard InChI is InChI=1S/C16H27ClN4O2S/c1-4-18-16(20-13-14-7-9-15(17)10-8-14)19-11-6-12-21(3)24(22,23)5-2/h7-10H,4-6,11-13H2,1-3H3,(H2,18,19,20). The van der Waals surface area contributed by atoms with E-state index < -0.39 is 10.0 Å². The highest BCUT2D eigenvalue weighted by molar-refractivity contribution is 7.89. The predicted octanol–water partition coefficient (Wildman–Crippen LogP) is 2.07. The Hall–Kier alpha value is -1.31. The lowest BCUT2D eigenvalue weighted by molar-refractivity contribution is 0.461. The Bertz CT molecular complexity index is 617. The number of guanidine groups is 1. The first-order chi connectivity index (χ1) is 11.4. The minimum Gasteiger partial charge on any atom is -0.357 e. The number of sulfonamides is 1. The second-order valence-electron chi connectivity index (χ2n) is 5.32. The van der Waals surface area contributed by atoms with Crippen LogP contribution in [0.25, 0.3) is 0 Å². The van der Waals surface area contributed by atoms with Crippen molar-refractivity contribution in [1.29, 1.82) is 0 Å². The smallest absolute Gasteiger partial charge is 0.213 e. The van der Waals surface area contributed by atoms with Crippen LogP contribution in [0.4, 0.5) is 0 Å². The maximum absolute atomic E-state index is 11.7. The summed E-state index contributed by atoms with van der Waals surface area (Å²) in [5, 5.41) is 7.10. The van der Waals surface area contributed by atoms with Crippen molar-refractivity contribution in [2.24, 2.45) is 4.99 Å². The summed E-state index contributed by atoms with van der Waals surface area (Å²) in [6.45, 7) is 6.10. The molecule has 1 aromatic rings. The Morgan fingerprint density at radius 3 is 2.46 bits per heavy atom. The molecule has 0 aromatic heterocycles. The van der Waals surface area contributed by atoms with Crippen LogP contribution in [0.1, 0.15) is 25.8 Å². The SMILES string of the molecule is CCNC(=NCc1ccc(Cl)cc1)NCCCN(C)S(=O)(=O)CC. The normalized spacial score (nSPS) is 12.5. The minimum atomic E-state index is -3.11. The molecular weight excluding hydrogens is 348 g/mol. The summed E-state index contributed by atoms with van der Waals surface area (Å²) in [4.78, 5) is 4.51. The fourth-order valence-electron chi connectivity index (χ4n) is 1.97. The van der Waals surface area contributed by atoms with Crippen molar-refractivity contribution < 1.29 is 8.42 Å². The molecule has 0 amide bonds. The quantitative estimate of drug-likeness (QED) is 0.394. The molecule has 0 saturated carbocycles. The van der Waals surface area contributed by atoms with Gasteiger partial charge in [-0.1, -0.05) is 23.7 Å². The van der Waals surface area contributed by atoms with E-state index in [-0.39, 0.29) is 5.75 Å². The molecule has 24 heavy (non-hydrogen) atoms. The van der Waals surface area contributed by atoms with Crippen molar-refractivity contribution in [3.8, 4) is 0 Å². The van der Waals surface area contributed by atoms with E-state index in [1.165, 1.54) is 4.31 Å². The third-order valence-electron chi connectivity index (χ3n) is 3.46. The lowest BCUT2D eigenvalue weighted by atomic mass is 10.2. The van der Waals surface area contributed by atoms with Crippen molar-refractivity contribution in [3.63, 3.8) is 0 Å². The highest BCUT2D eigenvalue weighted by Crippen LogP contribution is 2.10. The van der Waals surface area contributed by atoms with Gasteiger partial charge in [0.25, 0.3) is 0 Å². The van der Waals surface area contributed by atoms with Gasteiger partial charge in [0.05, 0.1) is 12.3 Å². The van der Waals surface area contributed by atoms with Crippen molar-refractivity contribution in [1.82, 2.24) is 14.9 Å². The number of halogens is 1. The van der Waals surface area contributed by atoms with Gasteiger partial charge >= 0.3 is 0 Å². The molecular formula is C16H27ClN4O2S. The van der Waals surface area contributed by atoms with Gasteiger partial charge in [-0.3, -0.25) is 0 Å². The Labute approximate surface area is 150 Å². The van der Waals surface area contributed by atoms with Crippen LogP contribution in [-0.4, -0.2) is 51.1 Å². The number of aliphatic imine (C=N–C) groups is 1. The molecule has 1 aromatic carbocycles. The van der Waals surface area contributed by atoms with E-state index in [9.17, 15) is 8.42 Å². The van der Waals surface area contributed by atoms with Crippen LogP contribution < -0.4 is 10.6 Å². The molecule has 1 rings (SSSR count). The van der Waals surface area contributed by atoms with Gasteiger partial charge in [-0.25, -0.2) is 17.7 Å². The number of hydrogen-bond donors (Lipinski definition) is 2. The highest BCUT2D eigenvalue weighted by Gasteiger charge is 2.13. The molecule has 0 aliphatic rings. The maximum atomic E-state index is 11.7. The van der Waals surface area contributed by atoms with E-state index >= 15 is 0 Å². The molecule has 0 unspecified atom stereocenters. The Kier molecular flexibility index (Phi) is 9.10. The largest absolute Gasteiger partial charge is 0.357 e. The molecule has 8 heteroatoms. The van der Waals surface area contributed by atoms with E-state index in [0.717, 1.165) is 12.1 Å². The fourth-order valence-corrected chi connectivity index (χ4v) is 2.94. The van der Waals surface area contributed by atoms with Crippen molar-refractivity contribution >= 4 is 27.6 Å².